The summed E-state index contributed by atoms with van der Waals surface area (Å²) in [5.41, 5.74) is 0.999. The van der Waals surface area contributed by atoms with Crippen LogP contribution in [0, 0.1) is 6.92 Å². The normalized spacial score (nSPS) is 10.7. The van der Waals surface area contributed by atoms with Gasteiger partial charge in [-0.15, -0.1) is 0 Å². The fraction of sp³-hybridized carbons (Fsp3) is 0.583. The van der Waals surface area contributed by atoms with Crippen LogP contribution in [-0.4, -0.2) is 22.8 Å². The second-order valence-electron chi connectivity index (χ2n) is 3.83. The highest BCUT2D eigenvalue weighted by atomic mass is 16.4. The van der Waals surface area contributed by atoms with E-state index in [0.717, 1.165) is 24.2 Å². The summed E-state index contributed by atoms with van der Waals surface area (Å²) in [7, 11) is 0. The minimum absolute atomic E-state index is 0.0436. The van der Waals surface area contributed by atoms with E-state index in [-0.39, 0.29) is 12.2 Å². The van der Waals surface area contributed by atoms with Crippen LogP contribution >= 0.6 is 0 Å². The quantitative estimate of drug-likeness (QED) is 0.779. The average molecular weight is 226 g/mol. The van der Waals surface area contributed by atoms with Crippen LogP contribution in [-0.2, 0) is 12.8 Å². The molecule has 0 amide bonds. The molecule has 1 aromatic rings. The van der Waals surface area contributed by atoms with Crippen molar-refractivity contribution in [3.05, 3.63) is 22.6 Å². The standard InChI is InChI=1S/C12H18O4/c1-3-5-9-8(2)11(12(14)15)10(16-9)6-4-7-13/h13H,3-7H2,1-2H3,(H,14,15). The summed E-state index contributed by atoms with van der Waals surface area (Å²) in [5, 5.41) is 17.9. The van der Waals surface area contributed by atoms with Gasteiger partial charge in [-0.1, -0.05) is 6.92 Å². The van der Waals surface area contributed by atoms with Crippen molar-refractivity contribution in [2.24, 2.45) is 0 Å². The summed E-state index contributed by atoms with van der Waals surface area (Å²) in [5.74, 6) is 0.298. The van der Waals surface area contributed by atoms with E-state index in [1.807, 2.05) is 6.92 Å². The summed E-state index contributed by atoms with van der Waals surface area (Å²) in [6.45, 7) is 3.85. The number of rotatable bonds is 6. The average Bonchev–Trinajstić information content (AvgIpc) is 2.53. The van der Waals surface area contributed by atoms with Crippen LogP contribution in [0.3, 0.4) is 0 Å². The fourth-order valence-corrected chi connectivity index (χ4v) is 1.79. The predicted octanol–water partition coefficient (Wildman–Crippen LogP) is 2.16. The molecule has 4 heteroatoms. The molecule has 0 bridgehead atoms. The second kappa shape index (κ2) is 5.70. The zero-order valence-electron chi connectivity index (χ0n) is 9.75. The molecular weight excluding hydrogens is 208 g/mol. The van der Waals surface area contributed by atoms with Gasteiger partial charge in [0.1, 0.15) is 17.1 Å². The first kappa shape index (κ1) is 12.8. The van der Waals surface area contributed by atoms with E-state index in [4.69, 9.17) is 14.6 Å². The zero-order chi connectivity index (χ0) is 12.1. The van der Waals surface area contributed by atoms with Gasteiger partial charge in [0.25, 0.3) is 0 Å². The van der Waals surface area contributed by atoms with E-state index in [0.29, 0.717) is 18.6 Å². The molecule has 0 saturated heterocycles. The third kappa shape index (κ3) is 2.64. The van der Waals surface area contributed by atoms with Crippen molar-refractivity contribution in [2.75, 3.05) is 6.61 Å². The number of aryl methyl sites for hydroxylation is 2. The maximum Gasteiger partial charge on any atom is 0.339 e. The monoisotopic (exact) mass is 226 g/mol. The van der Waals surface area contributed by atoms with Crippen molar-refractivity contribution in [1.82, 2.24) is 0 Å². The van der Waals surface area contributed by atoms with Gasteiger partial charge in [0.2, 0.25) is 0 Å². The van der Waals surface area contributed by atoms with Gasteiger partial charge in [0.05, 0.1) is 0 Å². The summed E-state index contributed by atoms with van der Waals surface area (Å²) >= 11 is 0. The summed E-state index contributed by atoms with van der Waals surface area (Å²) in [4.78, 5) is 11.1. The molecular formula is C12H18O4. The van der Waals surface area contributed by atoms with Crippen molar-refractivity contribution < 1.29 is 19.4 Å². The number of furan rings is 1. The maximum absolute atomic E-state index is 11.1. The lowest BCUT2D eigenvalue weighted by Gasteiger charge is -1.96. The number of carboxylic acids is 1. The highest BCUT2D eigenvalue weighted by Gasteiger charge is 2.21. The lowest BCUT2D eigenvalue weighted by Crippen LogP contribution is -2.02. The Morgan fingerprint density at radius 2 is 2.00 bits per heavy atom. The second-order valence-corrected chi connectivity index (χ2v) is 3.83. The first-order chi connectivity index (χ1) is 7.61. The number of aliphatic hydroxyl groups is 1. The molecule has 0 aliphatic carbocycles. The largest absolute Gasteiger partial charge is 0.478 e. The van der Waals surface area contributed by atoms with Gasteiger partial charge in [-0.2, -0.15) is 0 Å². The van der Waals surface area contributed by atoms with E-state index >= 15 is 0 Å². The number of carboxylic acid groups (broad SMARTS) is 1. The summed E-state index contributed by atoms with van der Waals surface area (Å²) < 4.78 is 5.56. The number of hydrogen-bond donors (Lipinski definition) is 2. The number of aromatic carboxylic acids is 1. The van der Waals surface area contributed by atoms with E-state index in [1.54, 1.807) is 6.92 Å². The molecule has 0 fully saturated rings. The van der Waals surface area contributed by atoms with Crippen LogP contribution in [0.4, 0.5) is 0 Å². The van der Waals surface area contributed by atoms with Gasteiger partial charge in [0, 0.05) is 25.0 Å². The van der Waals surface area contributed by atoms with Crippen LogP contribution in [0.15, 0.2) is 4.42 Å². The van der Waals surface area contributed by atoms with Crippen LogP contribution in [0.1, 0.15) is 47.2 Å². The molecule has 0 saturated carbocycles. The number of hydrogen-bond acceptors (Lipinski definition) is 3. The smallest absolute Gasteiger partial charge is 0.339 e. The Kier molecular flexibility index (Phi) is 4.55. The Bertz CT molecular complexity index is 365. The molecule has 2 N–H and O–H groups in total. The molecule has 1 heterocycles. The minimum Gasteiger partial charge on any atom is -0.478 e. The SMILES string of the molecule is CCCc1oc(CCCO)c(C(=O)O)c1C. The molecule has 16 heavy (non-hydrogen) atoms. The molecule has 0 aliphatic heterocycles. The van der Waals surface area contributed by atoms with Crippen molar-refractivity contribution in [1.29, 1.82) is 0 Å². The number of carbonyl (C=O) groups is 1. The lowest BCUT2D eigenvalue weighted by molar-refractivity contribution is 0.0693. The molecule has 0 atom stereocenters. The molecule has 0 aliphatic rings. The predicted molar refractivity (Wildman–Crippen MR) is 59.8 cm³/mol. The molecule has 0 unspecified atom stereocenters. The highest BCUT2D eigenvalue weighted by Crippen LogP contribution is 2.24. The Balaban J connectivity index is 3.04. The Labute approximate surface area is 94.9 Å². The van der Waals surface area contributed by atoms with Gasteiger partial charge in [0.15, 0.2) is 0 Å². The van der Waals surface area contributed by atoms with Gasteiger partial charge in [-0.3, -0.25) is 0 Å². The van der Waals surface area contributed by atoms with Crippen molar-refractivity contribution in [2.45, 2.75) is 39.5 Å². The molecule has 1 aromatic heterocycles. The van der Waals surface area contributed by atoms with Crippen molar-refractivity contribution in [3.8, 4) is 0 Å². The van der Waals surface area contributed by atoms with E-state index in [9.17, 15) is 4.79 Å². The van der Waals surface area contributed by atoms with E-state index in [2.05, 4.69) is 0 Å². The summed E-state index contributed by atoms with van der Waals surface area (Å²) in [6.07, 6.45) is 2.68. The minimum atomic E-state index is -0.948. The van der Waals surface area contributed by atoms with Crippen molar-refractivity contribution >= 4 is 5.97 Å². The van der Waals surface area contributed by atoms with Crippen LogP contribution in [0.25, 0.3) is 0 Å². The molecule has 90 valence electrons. The fourth-order valence-electron chi connectivity index (χ4n) is 1.79. The molecule has 1 rings (SSSR count). The van der Waals surface area contributed by atoms with Crippen LogP contribution in [0.5, 0.6) is 0 Å². The zero-order valence-corrected chi connectivity index (χ0v) is 9.75. The first-order valence-electron chi connectivity index (χ1n) is 5.57. The Morgan fingerprint density at radius 1 is 1.31 bits per heavy atom. The highest BCUT2D eigenvalue weighted by molar-refractivity contribution is 5.90. The van der Waals surface area contributed by atoms with E-state index < -0.39 is 5.97 Å². The lowest BCUT2D eigenvalue weighted by atomic mass is 10.1. The van der Waals surface area contributed by atoms with Gasteiger partial charge < -0.3 is 14.6 Å². The molecule has 0 spiro atoms. The van der Waals surface area contributed by atoms with Gasteiger partial charge in [-0.05, 0) is 19.8 Å². The summed E-state index contributed by atoms with van der Waals surface area (Å²) in [6, 6.07) is 0. The third-order valence-electron chi connectivity index (χ3n) is 2.57. The Morgan fingerprint density at radius 3 is 2.50 bits per heavy atom. The number of aliphatic hydroxyl groups excluding tert-OH is 1. The third-order valence-corrected chi connectivity index (χ3v) is 2.57. The van der Waals surface area contributed by atoms with Crippen molar-refractivity contribution in [3.63, 3.8) is 0 Å². The van der Waals surface area contributed by atoms with Gasteiger partial charge in [-0.25, -0.2) is 4.79 Å². The maximum atomic E-state index is 11.1. The van der Waals surface area contributed by atoms with Crippen LogP contribution in [0.2, 0.25) is 0 Å². The molecule has 0 aromatic carbocycles. The van der Waals surface area contributed by atoms with Crippen LogP contribution < -0.4 is 0 Å². The molecule has 4 nitrogen and oxygen atoms in total. The first-order valence-corrected chi connectivity index (χ1v) is 5.57. The topological polar surface area (TPSA) is 70.7 Å². The van der Waals surface area contributed by atoms with E-state index in [1.165, 1.54) is 0 Å². The van der Waals surface area contributed by atoms with Gasteiger partial charge >= 0.3 is 5.97 Å². The Hall–Kier alpha value is -1.29. The molecule has 0 radical (unpaired) electrons.